The zero-order valence-electron chi connectivity index (χ0n) is 14.9. The fraction of sp³-hybridized carbons (Fsp3) is 0.421. The zero-order valence-corrected chi connectivity index (χ0v) is 14.9. The number of fused-ring (bicyclic) bond motifs is 2. The largest absolute Gasteiger partial charge is 0.310 e. The van der Waals surface area contributed by atoms with Gasteiger partial charge in [-0.25, -0.2) is 9.97 Å². The summed E-state index contributed by atoms with van der Waals surface area (Å²) >= 11 is 0. The van der Waals surface area contributed by atoms with Gasteiger partial charge in [-0.1, -0.05) is 19.9 Å². The number of imidazole rings is 1. The van der Waals surface area contributed by atoms with Crippen LogP contribution in [0.2, 0.25) is 0 Å². The Bertz CT molecular complexity index is 985. The van der Waals surface area contributed by atoms with Gasteiger partial charge in [0.25, 0.3) is 5.56 Å². The van der Waals surface area contributed by atoms with E-state index in [0.29, 0.717) is 6.54 Å². The van der Waals surface area contributed by atoms with Crippen LogP contribution in [-0.2, 0) is 19.5 Å². The van der Waals surface area contributed by atoms with E-state index >= 15 is 0 Å². The Kier molecular flexibility index (Phi) is 3.92. The highest BCUT2D eigenvalue weighted by Crippen LogP contribution is 2.20. The van der Waals surface area contributed by atoms with E-state index in [2.05, 4.69) is 25.3 Å². The van der Waals surface area contributed by atoms with Crippen molar-refractivity contribution in [1.82, 2.24) is 24.3 Å². The molecular formula is C19H23N5O. The lowest BCUT2D eigenvalue weighted by molar-refractivity contribution is 0.239. The van der Waals surface area contributed by atoms with E-state index in [1.54, 1.807) is 0 Å². The van der Waals surface area contributed by atoms with Crippen LogP contribution in [0.1, 0.15) is 48.4 Å². The maximum Gasteiger partial charge on any atom is 0.255 e. The molecule has 0 radical (unpaired) electrons. The van der Waals surface area contributed by atoms with Gasteiger partial charge in [-0.3, -0.25) is 9.69 Å². The van der Waals surface area contributed by atoms with Crippen LogP contribution in [-0.4, -0.2) is 30.8 Å². The molecule has 1 aliphatic rings. The Morgan fingerprint density at radius 2 is 2.12 bits per heavy atom. The second-order valence-corrected chi connectivity index (χ2v) is 7.05. The van der Waals surface area contributed by atoms with Crippen molar-refractivity contribution in [2.45, 2.75) is 46.2 Å². The smallest absolute Gasteiger partial charge is 0.255 e. The first-order chi connectivity index (χ1) is 12.0. The number of H-pyrrole nitrogens is 1. The third-order valence-electron chi connectivity index (χ3n) is 4.89. The van der Waals surface area contributed by atoms with Crippen molar-refractivity contribution in [2.75, 3.05) is 6.54 Å². The van der Waals surface area contributed by atoms with Gasteiger partial charge >= 0.3 is 0 Å². The van der Waals surface area contributed by atoms with Crippen LogP contribution in [0.3, 0.4) is 0 Å². The summed E-state index contributed by atoms with van der Waals surface area (Å²) in [6.07, 6.45) is 2.85. The number of hydrogen-bond donors (Lipinski definition) is 1. The summed E-state index contributed by atoms with van der Waals surface area (Å²) in [5.41, 5.74) is 3.95. The highest BCUT2D eigenvalue weighted by molar-refractivity contribution is 5.53. The van der Waals surface area contributed by atoms with Crippen molar-refractivity contribution in [3.05, 3.63) is 63.3 Å². The Balaban J connectivity index is 1.61. The molecule has 6 heteroatoms. The van der Waals surface area contributed by atoms with Crippen LogP contribution in [0.4, 0.5) is 0 Å². The minimum Gasteiger partial charge on any atom is -0.310 e. The second-order valence-electron chi connectivity index (χ2n) is 7.05. The van der Waals surface area contributed by atoms with Crippen LogP contribution in [0.5, 0.6) is 0 Å². The molecule has 1 aliphatic heterocycles. The third-order valence-corrected chi connectivity index (χ3v) is 4.89. The molecule has 3 aromatic rings. The fourth-order valence-electron chi connectivity index (χ4n) is 3.50. The average Bonchev–Trinajstić information content (AvgIpc) is 2.91. The predicted octanol–water partition coefficient (Wildman–Crippen LogP) is 2.41. The van der Waals surface area contributed by atoms with Gasteiger partial charge in [0.05, 0.1) is 22.5 Å². The SMILES string of the molecule is Cc1nc(CN2CCc3nc(C(C)C)[nH]c(=O)c3C2)c2ccccn12. The van der Waals surface area contributed by atoms with Crippen LogP contribution >= 0.6 is 0 Å². The summed E-state index contributed by atoms with van der Waals surface area (Å²) in [6.45, 7) is 8.38. The van der Waals surface area contributed by atoms with Gasteiger partial charge in [-0.05, 0) is 19.1 Å². The molecule has 6 nitrogen and oxygen atoms in total. The second kappa shape index (κ2) is 6.11. The van der Waals surface area contributed by atoms with E-state index in [-0.39, 0.29) is 11.5 Å². The summed E-state index contributed by atoms with van der Waals surface area (Å²) < 4.78 is 2.11. The Hall–Kier alpha value is -2.47. The summed E-state index contributed by atoms with van der Waals surface area (Å²) in [5, 5.41) is 0. The molecule has 0 atom stereocenters. The number of nitrogens with zero attached hydrogens (tertiary/aromatic N) is 4. The molecule has 0 aliphatic carbocycles. The lowest BCUT2D eigenvalue weighted by Gasteiger charge is -2.27. The van der Waals surface area contributed by atoms with Crippen LogP contribution in [0, 0.1) is 6.92 Å². The topological polar surface area (TPSA) is 66.3 Å². The van der Waals surface area contributed by atoms with E-state index < -0.39 is 0 Å². The minimum absolute atomic E-state index is 0.00396. The molecule has 25 heavy (non-hydrogen) atoms. The molecule has 3 aromatic heterocycles. The Morgan fingerprint density at radius 1 is 1.28 bits per heavy atom. The monoisotopic (exact) mass is 337 g/mol. The summed E-state index contributed by atoms with van der Waals surface area (Å²) in [6, 6.07) is 6.14. The van der Waals surface area contributed by atoms with Crippen molar-refractivity contribution in [1.29, 1.82) is 0 Å². The number of aromatic amines is 1. The molecule has 4 rings (SSSR count). The molecule has 4 heterocycles. The van der Waals surface area contributed by atoms with Crippen LogP contribution in [0.25, 0.3) is 5.52 Å². The van der Waals surface area contributed by atoms with Gasteiger partial charge in [0.2, 0.25) is 0 Å². The molecule has 0 saturated heterocycles. The molecule has 0 fully saturated rings. The van der Waals surface area contributed by atoms with E-state index in [1.165, 1.54) is 0 Å². The van der Waals surface area contributed by atoms with Crippen molar-refractivity contribution in [2.24, 2.45) is 0 Å². The standard InChI is InChI=1S/C19H23N5O/c1-12(2)18-21-15-7-9-23(10-14(15)19(25)22-18)11-16-17-6-4-5-8-24(17)13(3)20-16/h4-6,8,12H,7,9-11H2,1-3H3,(H,21,22,25). The first kappa shape index (κ1) is 16.0. The van der Waals surface area contributed by atoms with Crippen LogP contribution in [0.15, 0.2) is 29.2 Å². The molecule has 1 N–H and O–H groups in total. The normalized spacial score (nSPS) is 15.0. The maximum atomic E-state index is 12.5. The number of aryl methyl sites for hydroxylation is 1. The van der Waals surface area contributed by atoms with E-state index in [0.717, 1.165) is 53.6 Å². The van der Waals surface area contributed by atoms with Crippen LogP contribution < -0.4 is 5.56 Å². The van der Waals surface area contributed by atoms with Gasteiger partial charge in [0.15, 0.2) is 0 Å². The van der Waals surface area contributed by atoms with E-state index in [4.69, 9.17) is 4.98 Å². The molecule has 0 saturated carbocycles. The van der Waals surface area contributed by atoms with Gasteiger partial charge < -0.3 is 9.38 Å². The number of rotatable bonds is 3. The van der Waals surface area contributed by atoms with Gasteiger partial charge in [0, 0.05) is 38.2 Å². The molecule has 0 amide bonds. The van der Waals surface area contributed by atoms with E-state index in [1.807, 2.05) is 39.1 Å². The Labute approximate surface area is 146 Å². The quantitative estimate of drug-likeness (QED) is 0.797. The highest BCUT2D eigenvalue weighted by atomic mass is 16.1. The molecule has 0 aromatic carbocycles. The zero-order chi connectivity index (χ0) is 17.6. The van der Waals surface area contributed by atoms with E-state index in [9.17, 15) is 4.79 Å². The van der Waals surface area contributed by atoms with Crippen molar-refractivity contribution in [3.8, 4) is 0 Å². The fourth-order valence-corrected chi connectivity index (χ4v) is 3.50. The molecule has 0 spiro atoms. The lowest BCUT2D eigenvalue weighted by atomic mass is 10.1. The lowest BCUT2D eigenvalue weighted by Crippen LogP contribution is -2.36. The highest BCUT2D eigenvalue weighted by Gasteiger charge is 2.23. The van der Waals surface area contributed by atoms with Gasteiger partial charge in [-0.15, -0.1) is 0 Å². The maximum absolute atomic E-state index is 12.5. The predicted molar refractivity (Wildman–Crippen MR) is 96.7 cm³/mol. The summed E-state index contributed by atoms with van der Waals surface area (Å²) in [7, 11) is 0. The Morgan fingerprint density at radius 3 is 2.92 bits per heavy atom. The summed E-state index contributed by atoms with van der Waals surface area (Å²) in [4.78, 5) is 27.1. The van der Waals surface area contributed by atoms with Crippen molar-refractivity contribution in [3.63, 3.8) is 0 Å². The molecular weight excluding hydrogens is 314 g/mol. The number of hydrogen-bond acceptors (Lipinski definition) is 4. The van der Waals surface area contributed by atoms with Crippen molar-refractivity contribution < 1.29 is 0 Å². The van der Waals surface area contributed by atoms with Gasteiger partial charge in [-0.2, -0.15) is 0 Å². The third kappa shape index (κ3) is 2.87. The molecule has 0 unspecified atom stereocenters. The molecule has 0 bridgehead atoms. The number of pyridine rings is 1. The first-order valence-electron chi connectivity index (χ1n) is 8.80. The number of aromatic nitrogens is 4. The van der Waals surface area contributed by atoms with Crippen molar-refractivity contribution >= 4 is 5.52 Å². The first-order valence-corrected chi connectivity index (χ1v) is 8.80. The summed E-state index contributed by atoms with van der Waals surface area (Å²) in [5.74, 6) is 2.01. The average molecular weight is 337 g/mol. The minimum atomic E-state index is 0.00396. The molecule has 130 valence electrons. The van der Waals surface area contributed by atoms with Gasteiger partial charge in [0.1, 0.15) is 11.6 Å². The number of nitrogens with one attached hydrogen (secondary N) is 1.